The van der Waals surface area contributed by atoms with Crippen molar-refractivity contribution >= 4 is 0 Å². The summed E-state index contributed by atoms with van der Waals surface area (Å²) in [5, 5.41) is 2.83. The molecule has 1 N–H and O–H groups in total. The highest BCUT2D eigenvalue weighted by atomic mass is 16.1. The molecule has 0 aromatic carbocycles. The zero-order valence-corrected chi connectivity index (χ0v) is 7.50. The smallest absolute Gasteiger partial charge is 0.264 e. The normalized spacial score (nSPS) is 17.2. The van der Waals surface area contributed by atoms with Gasteiger partial charge < -0.3 is 0 Å². The van der Waals surface area contributed by atoms with Crippen molar-refractivity contribution in [2.75, 3.05) is 0 Å². The van der Waals surface area contributed by atoms with Crippen LogP contribution in [0.3, 0.4) is 0 Å². The van der Waals surface area contributed by atoms with Crippen LogP contribution in [0.25, 0.3) is 0 Å². The summed E-state index contributed by atoms with van der Waals surface area (Å²) < 4.78 is 1.99. The van der Waals surface area contributed by atoms with E-state index >= 15 is 0 Å². The monoisotopic (exact) mass is 166 g/mol. The van der Waals surface area contributed by atoms with Crippen molar-refractivity contribution in [1.29, 1.82) is 0 Å². The molecule has 0 unspecified atom stereocenters. The van der Waals surface area contributed by atoms with Gasteiger partial charge in [0.25, 0.3) is 5.56 Å². The molecule has 1 aromatic rings. The van der Waals surface area contributed by atoms with Gasteiger partial charge in [0.2, 0.25) is 0 Å². The van der Waals surface area contributed by atoms with E-state index in [-0.39, 0.29) is 5.56 Å². The van der Waals surface area contributed by atoms with Crippen LogP contribution in [0.2, 0.25) is 0 Å². The molecule has 0 atom stereocenters. The second kappa shape index (κ2) is 2.51. The standard InChI is InChI=1S/C9H14N2O/c1-6(2)11-8(7-3-4-7)5-9(12)10-11/h5-7H,3-4H2,1-2H3,(H,10,12). The molecule has 1 aliphatic carbocycles. The van der Waals surface area contributed by atoms with E-state index < -0.39 is 0 Å². The van der Waals surface area contributed by atoms with Crippen LogP contribution in [0.4, 0.5) is 0 Å². The van der Waals surface area contributed by atoms with E-state index in [1.54, 1.807) is 6.07 Å². The van der Waals surface area contributed by atoms with E-state index in [2.05, 4.69) is 18.9 Å². The molecule has 1 aromatic heterocycles. The number of hydrogen-bond acceptors (Lipinski definition) is 1. The fraction of sp³-hybridized carbons (Fsp3) is 0.667. The SMILES string of the molecule is CC(C)n1[nH]c(=O)cc1C1CC1. The minimum Gasteiger partial charge on any atom is -0.286 e. The maximum Gasteiger partial charge on any atom is 0.264 e. The molecule has 1 saturated carbocycles. The molecule has 66 valence electrons. The molecule has 1 fully saturated rings. The quantitative estimate of drug-likeness (QED) is 0.712. The van der Waals surface area contributed by atoms with Crippen LogP contribution in [0.5, 0.6) is 0 Å². The molecule has 3 heteroatoms. The predicted molar refractivity (Wildman–Crippen MR) is 47.4 cm³/mol. The number of nitrogens with zero attached hydrogens (tertiary/aromatic N) is 1. The summed E-state index contributed by atoms with van der Waals surface area (Å²) >= 11 is 0. The Morgan fingerprint density at radius 3 is 2.75 bits per heavy atom. The first-order valence-electron chi connectivity index (χ1n) is 4.50. The Morgan fingerprint density at radius 2 is 2.25 bits per heavy atom. The maximum absolute atomic E-state index is 11.1. The fourth-order valence-corrected chi connectivity index (χ4v) is 1.54. The zero-order chi connectivity index (χ0) is 8.72. The van der Waals surface area contributed by atoms with E-state index in [0.29, 0.717) is 12.0 Å². The summed E-state index contributed by atoms with van der Waals surface area (Å²) in [4.78, 5) is 11.1. The molecule has 0 bridgehead atoms. The fourth-order valence-electron chi connectivity index (χ4n) is 1.54. The summed E-state index contributed by atoms with van der Waals surface area (Å²) in [5.41, 5.74) is 1.22. The highest BCUT2D eigenvalue weighted by molar-refractivity contribution is 5.14. The Morgan fingerprint density at radius 1 is 1.58 bits per heavy atom. The van der Waals surface area contributed by atoms with E-state index in [1.807, 2.05) is 4.68 Å². The molecule has 0 radical (unpaired) electrons. The molecule has 1 heterocycles. The summed E-state index contributed by atoms with van der Waals surface area (Å²) in [7, 11) is 0. The number of aromatic nitrogens is 2. The first-order chi connectivity index (χ1) is 5.68. The zero-order valence-electron chi connectivity index (χ0n) is 7.50. The number of H-pyrrole nitrogens is 1. The molecule has 0 aliphatic heterocycles. The minimum atomic E-state index is 0.0330. The molecule has 1 aliphatic rings. The van der Waals surface area contributed by atoms with E-state index in [1.165, 1.54) is 18.5 Å². The van der Waals surface area contributed by atoms with Crippen LogP contribution in [0.1, 0.15) is 44.3 Å². The lowest BCUT2D eigenvalue weighted by Gasteiger charge is -2.10. The van der Waals surface area contributed by atoms with Crippen LogP contribution in [-0.2, 0) is 0 Å². The Hall–Kier alpha value is -0.990. The highest BCUT2D eigenvalue weighted by Crippen LogP contribution is 2.39. The van der Waals surface area contributed by atoms with Gasteiger partial charge >= 0.3 is 0 Å². The van der Waals surface area contributed by atoms with Gasteiger partial charge in [-0.05, 0) is 26.7 Å². The topological polar surface area (TPSA) is 37.8 Å². The van der Waals surface area contributed by atoms with Gasteiger partial charge in [-0.25, -0.2) is 0 Å². The van der Waals surface area contributed by atoms with Crippen molar-refractivity contribution in [2.24, 2.45) is 0 Å². The second-order valence-corrected chi connectivity index (χ2v) is 3.78. The van der Waals surface area contributed by atoms with E-state index in [0.717, 1.165) is 0 Å². The lowest BCUT2D eigenvalue weighted by Crippen LogP contribution is -2.09. The Bertz CT molecular complexity index is 308. The third-order valence-electron chi connectivity index (χ3n) is 2.30. The molecule has 2 rings (SSSR count). The first kappa shape index (κ1) is 7.65. The molecule has 12 heavy (non-hydrogen) atoms. The number of hydrogen-bond donors (Lipinski definition) is 1. The third-order valence-corrected chi connectivity index (χ3v) is 2.30. The van der Waals surface area contributed by atoms with Gasteiger partial charge in [-0.15, -0.1) is 0 Å². The molecular weight excluding hydrogens is 152 g/mol. The van der Waals surface area contributed by atoms with Crippen LogP contribution in [-0.4, -0.2) is 9.78 Å². The average molecular weight is 166 g/mol. The van der Waals surface area contributed by atoms with Gasteiger partial charge in [0.1, 0.15) is 0 Å². The molecule has 3 nitrogen and oxygen atoms in total. The second-order valence-electron chi connectivity index (χ2n) is 3.78. The van der Waals surface area contributed by atoms with Crippen molar-refractivity contribution < 1.29 is 0 Å². The Balaban J connectivity index is 2.43. The largest absolute Gasteiger partial charge is 0.286 e. The third kappa shape index (κ3) is 1.19. The molecule has 0 saturated heterocycles. The maximum atomic E-state index is 11.1. The lowest BCUT2D eigenvalue weighted by atomic mass is 10.2. The van der Waals surface area contributed by atoms with Crippen LogP contribution in [0.15, 0.2) is 10.9 Å². The van der Waals surface area contributed by atoms with Crippen LogP contribution < -0.4 is 5.56 Å². The van der Waals surface area contributed by atoms with Gasteiger partial charge in [-0.1, -0.05) is 0 Å². The van der Waals surface area contributed by atoms with Crippen molar-refractivity contribution in [3.63, 3.8) is 0 Å². The van der Waals surface area contributed by atoms with E-state index in [9.17, 15) is 4.79 Å². The van der Waals surface area contributed by atoms with Crippen molar-refractivity contribution in [1.82, 2.24) is 9.78 Å². The van der Waals surface area contributed by atoms with Crippen LogP contribution in [0, 0.1) is 0 Å². The van der Waals surface area contributed by atoms with Crippen molar-refractivity contribution in [3.8, 4) is 0 Å². The van der Waals surface area contributed by atoms with Crippen LogP contribution >= 0.6 is 0 Å². The summed E-state index contributed by atoms with van der Waals surface area (Å²) in [6.07, 6.45) is 2.48. The Labute approximate surface area is 71.4 Å². The van der Waals surface area contributed by atoms with Gasteiger partial charge in [0, 0.05) is 23.7 Å². The molecule has 0 spiro atoms. The Kier molecular flexibility index (Phi) is 1.60. The number of nitrogens with one attached hydrogen (secondary N) is 1. The van der Waals surface area contributed by atoms with Gasteiger partial charge in [0.15, 0.2) is 0 Å². The van der Waals surface area contributed by atoms with Gasteiger partial charge in [-0.3, -0.25) is 14.6 Å². The highest BCUT2D eigenvalue weighted by Gasteiger charge is 2.27. The molecule has 0 amide bonds. The summed E-state index contributed by atoms with van der Waals surface area (Å²) in [6, 6.07) is 2.10. The minimum absolute atomic E-state index is 0.0330. The van der Waals surface area contributed by atoms with Gasteiger partial charge in [0.05, 0.1) is 0 Å². The molecular formula is C9H14N2O. The van der Waals surface area contributed by atoms with E-state index in [4.69, 9.17) is 0 Å². The lowest BCUT2D eigenvalue weighted by molar-refractivity contribution is 0.506. The average Bonchev–Trinajstić information content (AvgIpc) is 2.75. The first-order valence-corrected chi connectivity index (χ1v) is 4.50. The number of rotatable bonds is 2. The summed E-state index contributed by atoms with van der Waals surface area (Å²) in [5.74, 6) is 0.645. The predicted octanol–water partition coefficient (Wildman–Crippen LogP) is 1.63. The van der Waals surface area contributed by atoms with Gasteiger partial charge in [-0.2, -0.15) is 0 Å². The van der Waals surface area contributed by atoms with Crippen molar-refractivity contribution in [3.05, 3.63) is 22.1 Å². The summed E-state index contributed by atoms with van der Waals surface area (Å²) in [6.45, 7) is 4.17. The van der Waals surface area contributed by atoms with Crippen molar-refractivity contribution in [2.45, 2.75) is 38.6 Å². The number of aromatic amines is 1.